The van der Waals surface area contributed by atoms with Crippen molar-refractivity contribution in [2.45, 2.75) is 25.8 Å². The molecule has 0 radical (unpaired) electrons. The van der Waals surface area contributed by atoms with Crippen molar-refractivity contribution in [2.24, 2.45) is 4.99 Å². The summed E-state index contributed by atoms with van der Waals surface area (Å²) >= 11 is 15.7. The van der Waals surface area contributed by atoms with E-state index < -0.39 is 11.5 Å². The molecule has 1 aliphatic heterocycles. The van der Waals surface area contributed by atoms with Crippen LogP contribution >= 0.6 is 39.1 Å². The molecule has 2 aromatic rings. The Morgan fingerprint density at radius 2 is 1.83 bits per heavy atom. The number of aliphatic imine (C=N–C) groups is 1. The van der Waals surface area contributed by atoms with Gasteiger partial charge in [-0.3, -0.25) is 9.59 Å². The fourth-order valence-corrected chi connectivity index (χ4v) is 3.97. The molecule has 158 valence electrons. The maximum Gasteiger partial charge on any atom is 0.327 e. The molecular formula is C21H20BrCl2N3O3. The Hall–Kier alpha value is -2.09. The second-order valence-corrected chi connectivity index (χ2v) is 8.76. The van der Waals surface area contributed by atoms with Crippen molar-refractivity contribution in [1.82, 2.24) is 5.32 Å². The highest BCUT2D eigenvalue weighted by molar-refractivity contribution is 9.10. The number of carbonyl (C=O) groups excluding carboxylic acids is 2. The number of nitrogens with zero attached hydrogens (tertiary/aromatic N) is 2. The number of esters is 1. The molecule has 1 saturated heterocycles. The summed E-state index contributed by atoms with van der Waals surface area (Å²) < 4.78 is 5.90. The van der Waals surface area contributed by atoms with E-state index in [0.717, 1.165) is 10.0 Å². The van der Waals surface area contributed by atoms with Crippen molar-refractivity contribution >= 4 is 62.7 Å². The van der Waals surface area contributed by atoms with Gasteiger partial charge in [0.25, 0.3) is 5.91 Å². The van der Waals surface area contributed by atoms with Crippen LogP contribution in [-0.4, -0.2) is 36.5 Å². The van der Waals surface area contributed by atoms with Gasteiger partial charge in [0, 0.05) is 20.9 Å². The molecule has 3 rings (SSSR count). The van der Waals surface area contributed by atoms with Crippen molar-refractivity contribution in [3.05, 3.63) is 62.5 Å². The fourth-order valence-electron chi connectivity index (χ4n) is 3.19. The first-order chi connectivity index (χ1) is 14.2. The van der Waals surface area contributed by atoms with Crippen LogP contribution in [0.1, 0.15) is 19.4 Å². The van der Waals surface area contributed by atoms with Gasteiger partial charge < -0.3 is 10.1 Å². The van der Waals surface area contributed by atoms with Crippen LogP contribution in [0.5, 0.6) is 0 Å². The van der Waals surface area contributed by atoms with E-state index in [9.17, 15) is 9.59 Å². The molecule has 0 unspecified atom stereocenters. The van der Waals surface area contributed by atoms with Crippen LogP contribution in [0.15, 0.2) is 51.9 Å². The molecule has 1 N–H and O–H groups in total. The number of rotatable bonds is 6. The SMILES string of the molecule is CCOC(=O)CN=C1N[C@](C)(Cc2ccc(Br)cc2)C(=O)N1c1cc(Cl)cc(Cl)c1. The van der Waals surface area contributed by atoms with E-state index in [1.54, 1.807) is 32.0 Å². The van der Waals surface area contributed by atoms with Gasteiger partial charge in [0.2, 0.25) is 5.96 Å². The molecule has 30 heavy (non-hydrogen) atoms. The van der Waals surface area contributed by atoms with Crippen LogP contribution in [0, 0.1) is 0 Å². The van der Waals surface area contributed by atoms with Crippen LogP contribution in [0.2, 0.25) is 10.0 Å². The normalized spacial score (nSPS) is 19.8. The molecule has 0 aliphatic carbocycles. The summed E-state index contributed by atoms with van der Waals surface area (Å²) in [7, 11) is 0. The Bertz CT molecular complexity index is 977. The predicted molar refractivity (Wildman–Crippen MR) is 122 cm³/mol. The summed E-state index contributed by atoms with van der Waals surface area (Å²) in [5, 5.41) is 3.96. The zero-order valence-corrected chi connectivity index (χ0v) is 19.5. The number of amides is 1. The van der Waals surface area contributed by atoms with Gasteiger partial charge in [-0.2, -0.15) is 0 Å². The highest BCUT2D eigenvalue weighted by Gasteiger charge is 2.47. The van der Waals surface area contributed by atoms with E-state index in [4.69, 9.17) is 27.9 Å². The van der Waals surface area contributed by atoms with Crippen molar-refractivity contribution in [3.63, 3.8) is 0 Å². The predicted octanol–water partition coefficient (Wildman–Crippen LogP) is 4.61. The summed E-state index contributed by atoms with van der Waals surface area (Å²) in [5.41, 5.74) is 0.459. The lowest BCUT2D eigenvalue weighted by molar-refractivity contribution is -0.141. The Morgan fingerprint density at radius 3 is 2.43 bits per heavy atom. The number of ether oxygens (including phenoxy) is 1. The van der Waals surface area contributed by atoms with Crippen molar-refractivity contribution in [1.29, 1.82) is 0 Å². The third kappa shape index (κ3) is 5.14. The van der Waals surface area contributed by atoms with Crippen molar-refractivity contribution < 1.29 is 14.3 Å². The van der Waals surface area contributed by atoms with Crippen LogP contribution in [0.3, 0.4) is 0 Å². The fraction of sp³-hybridized carbons (Fsp3) is 0.286. The van der Waals surface area contributed by atoms with Gasteiger partial charge >= 0.3 is 5.97 Å². The molecule has 0 aromatic heterocycles. The zero-order chi connectivity index (χ0) is 21.9. The molecular weight excluding hydrogens is 493 g/mol. The van der Waals surface area contributed by atoms with Gasteiger partial charge in [0.15, 0.2) is 0 Å². The Balaban J connectivity index is 1.97. The molecule has 0 saturated carbocycles. The summed E-state index contributed by atoms with van der Waals surface area (Å²) in [6.07, 6.45) is 0.419. The number of benzene rings is 2. The van der Waals surface area contributed by atoms with Gasteiger partial charge in [-0.1, -0.05) is 51.3 Å². The van der Waals surface area contributed by atoms with Crippen molar-refractivity contribution in [3.8, 4) is 0 Å². The first-order valence-corrected chi connectivity index (χ1v) is 10.8. The van der Waals surface area contributed by atoms with Gasteiger partial charge in [-0.25, -0.2) is 9.89 Å². The van der Waals surface area contributed by atoms with Gasteiger partial charge in [0.1, 0.15) is 12.1 Å². The summed E-state index contributed by atoms with van der Waals surface area (Å²) in [4.78, 5) is 31.0. The average Bonchev–Trinajstić information content (AvgIpc) is 2.92. The number of halogens is 3. The maximum absolute atomic E-state index is 13.5. The van der Waals surface area contributed by atoms with Crippen molar-refractivity contribution in [2.75, 3.05) is 18.1 Å². The number of hydrogen-bond acceptors (Lipinski definition) is 4. The average molecular weight is 513 g/mol. The lowest BCUT2D eigenvalue weighted by atomic mass is 9.93. The molecule has 2 aromatic carbocycles. The van der Waals surface area contributed by atoms with Gasteiger partial charge in [-0.05, 0) is 49.7 Å². The maximum atomic E-state index is 13.5. The van der Waals surface area contributed by atoms with Crippen LogP contribution in [-0.2, 0) is 20.7 Å². The lowest BCUT2D eigenvalue weighted by Crippen LogP contribution is -2.46. The van der Waals surface area contributed by atoms with Gasteiger partial charge in [-0.15, -0.1) is 0 Å². The molecule has 0 spiro atoms. The first kappa shape index (κ1) is 22.6. The summed E-state index contributed by atoms with van der Waals surface area (Å²) in [5.74, 6) is -0.470. The zero-order valence-electron chi connectivity index (χ0n) is 16.4. The van der Waals surface area contributed by atoms with E-state index in [2.05, 4.69) is 26.2 Å². The molecule has 9 heteroatoms. The van der Waals surface area contributed by atoms with Crippen LogP contribution < -0.4 is 10.2 Å². The molecule has 6 nitrogen and oxygen atoms in total. The minimum Gasteiger partial charge on any atom is -0.465 e. The minimum atomic E-state index is -0.976. The first-order valence-electron chi connectivity index (χ1n) is 9.25. The van der Waals surface area contributed by atoms with E-state index in [1.807, 2.05) is 24.3 Å². The topological polar surface area (TPSA) is 71.0 Å². The monoisotopic (exact) mass is 511 g/mol. The summed E-state index contributed by atoms with van der Waals surface area (Å²) in [6.45, 7) is 3.55. The van der Waals surface area contributed by atoms with E-state index in [0.29, 0.717) is 22.2 Å². The molecule has 1 fully saturated rings. The number of anilines is 1. The molecule has 1 atom stereocenters. The highest BCUT2D eigenvalue weighted by atomic mass is 79.9. The van der Waals surface area contributed by atoms with E-state index in [-0.39, 0.29) is 25.0 Å². The quantitative estimate of drug-likeness (QED) is 0.573. The second kappa shape index (κ2) is 9.37. The summed E-state index contributed by atoms with van der Waals surface area (Å²) in [6, 6.07) is 12.6. The second-order valence-electron chi connectivity index (χ2n) is 6.97. The third-order valence-corrected chi connectivity index (χ3v) is 5.48. The molecule has 0 bridgehead atoms. The Morgan fingerprint density at radius 1 is 1.20 bits per heavy atom. The number of hydrogen-bond donors (Lipinski definition) is 1. The van der Waals surface area contributed by atoms with E-state index in [1.165, 1.54) is 4.90 Å². The smallest absolute Gasteiger partial charge is 0.327 e. The standard InChI is InChI=1S/C21H20BrCl2N3O3/c1-3-30-18(28)12-25-20-26-21(2,11-13-4-6-14(22)7-5-13)19(29)27(20)17-9-15(23)8-16(24)10-17/h4-10H,3,11-12H2,1-2H3,(H,25,26)/t21-/m1/s1. The highest BCUT2D eigenvalue weighted by Crippen LogP contribution is 2.31. The minimum absolute atomic E-state index is 0.220. The van der Waals surface area contributed by atoms with E-state index >= 15 is 0 Å². The molecule has 1 heterocycles. The Labute approximate surface area is 193 Å². The number of carbonyl (C=O) groups is 2. The largest absolute Gasteiger partial charge is 0.465 e. The number of guanidine groups is 1. The van der Waals surface area contributed by atoms with Crippen LogP contribution in [0.4, 0.5) is 5.69 Å². The Kier molecular flexibility index (Phi) is 7.06. The third-order valence-electron chi connectivity index (χ3n) is 4.51. The molecule has 1 aliphatic rings. The number of nitrogens with one attached hydrogen (secondary N) is 1. The lowest BCUT2D eigenvalue weighted by Gasteiger charge is -2.22. The van der Waals surface area contributed by atoms with Gasteiger partial charge in [0.05, 0.1) is 12.3 Å². The van der Waals surface area contributed by atoms with Crippen LogP contribution in [0.25, 0.3) is 0 Å². The molecule has 1 amide bonds.